The van der Waals surface area contributed by atoms with E-state index in [0.29, 0.717) is 22.3 Å². The van der Waals surface area contributed by atoms with Crippen LogP contribution in [-0.2, 0) is 9.53 Å². The standard InChI is InChI=1S/C19H26N2O4S/c1-10(2)24-14-8-7-13(9-15(14)23-6)17-16(18(22)25-11(3)4)12(5)20-19(26)21-17/h7-11,16-17H,1-6H3,(H,21,26). The van der Waals surface area contributed by atoms with E-state index >= 15 is 0 Å². The van der Waals surface area contributed by atoms with E-state index in [4.69, 9.17) is 26.4 Å². The van der Waals surface area contributed by atoms with Crippen LogP contribution >= 0.6 is 12.2 Å². The van der Waals surface area contributed by atoms with Gasteiger partial charge < -0.3 is 19.5 Å². The summed E-state index contributed by atoms with van der Waals surface area (Å²) in [5.74, 6) is 0.352. The zero-order chi connectivity index (χ0) is 19.4. The summed E-state index contributed by atoms with van der Waals surface area (Å²) < 4.78 is 16.6. The molecule has 1 aromatic carbocycles. The Morgan fingerprint density at radius 1 is 1.19 bits per heavy atom. The fraction of sp³-hybridized carbons (Fsp3) is 0.526. The van der Waals surface area contributed by atoms with Crippen molar-refractivity contribution in [2.24, 2.45) is 10.9 Å². The molecular weight excluding hydrogens is 352 g/mol. The van der Waals surface area contributed by atoms with Crippen molar-refractivity contribution in [3.8, 4) is 11.5 Å². The highest BCUT2D eigenvalue weighted by Crippen LogP contribution is 2.35. The minimum Gasteiger partial charge on any atom is -0.493 e. The zero-order valence-electron chi connectivity index (χ0n) is 16.0. The van der Waals surface area contributed by atoms with Gasteiger partial charge in [0.2, 0.25) is 0 Å². The lowest BCUT2D eigenvalue weighted by molar-refractivity contribution is -0.150. The number of carbonyl (C=O) groups excluding carboxylic acids is 1. The van der Waals surface area contributed by atoms with Crippen LogP contribution in [0.4, 0.5) is 0 Å². The lowest BCUT2D eigenvalue weighted by Gasteiger charge is -2.31. The van der Waals surface area contributed by atoms with Gasteiger partial charge in [0, 0.05) is 5.71 Å². The second-order valence-electron chi connectivity index (χ2n) is 6.72. The highest BCUT2D eigenvalue weighted by molar-refractivity contribution is 7.80. The molecule has 2 rings (SSSR count). The van der Waals surface area contributed by atoms with E-state index in [-0.39, 0.29) is 24.2 Å². The number of methoxy groups -OCH3 is 1. The summed E-state index contributed by atoms with van der Waals surface area (Å²) in [6.07, 6.45) is -0.181. The van der Waals surface area contributed by atoms with Crippen molar-refractivity contribution in [1.82, 2.24) is 5.32 Å². The summed E-state index contributed by atoms with van der Waals surface area (Å²) in [5.41, 5.74) is 1.48. The van der Waals surface area contributed by atoms with Gasteiger partial charge in [0.05, 0.1) is 25.4 Å². The molecule has 0 spiro atoms. The van der Waals surface area contributed by atoms with Gasteiger partial charge in [-0.25, -0.2) is 4.99 Å². The number of esters is 1. The molecular formula is C19H26N2O4S. The maximum atomic E-state index is 12.6. The Balaban J connectivity index is 2.41. The predicted octanol–water partition coefficient (Wildman–Crippen LogP) is 3.44. The van der Waals surface area contributed by atoms with Gasteiger partial charge in [-0.05, 0) is 64.5 Å². The largest absolute Gasteiger partial charge is 0.493 e. The minimum atomic E-state index is -0.564. The molecule has 0 saturated carbocycles. The number of rotatable bonds is 6. The molecule has 1 heterocycles. The first-order valence-electron chi connectivity index (χ1n) is 8.63. The highest BCUT2D eigenvalue weighted by atomic mass is 32.1. The Labute approximate surface area is 159 Å². The van der Waals surface area contributed by atoms with Gasteiger partial charge in [0.25, 0.3) is 0 Å². The normalized spacial score (nSPS) is 19.8. The third-order valence-corrected chi connectivity index (χ3v) is 4.06. The third-order valence-electron chi connectivity index (χ3n) is 3.86. The molecule has 2 unspecified atom stereocenters. The van der Waals surface area contributed by atoms with Crippen molar-refractivity contribution in [2.75, 3.05) is 7.11 Å². The summed E-state index contributed by atoms with van der Waals surface area (Å²) in [6.45, 7) is 9.33. The Kier molecular flexibility index (Phi) is 6.58. The smallest absolute Gasteiger partial charge is 0.317 e. The summed E-state index contributed by atoms with van der Waals surface area (Å²) >= 11 is 5.22. The first-order valence-corrected chi connectivity index (χ1v) is 9.04. The summed E-state index contributed by atoms with van der Waals surface area (Å²) in [5, 5.41) is 3.48. The van der Waals surface area contributed by atoms with Gasteiger partial charge in [-0.2, -0.15) is 0 Å². The van der Waals surface area contributed by atoms with Gasteiger partial charge in [0.1, 0.15) is 5.92 Å². The molecule has 0 radical (unpaired) electrons. The molecule has 1 aliphatic rings. The maximum Gasteiger partial charge on any atom is 0.317 e. The molecule has 0 aromatic heterocycles. The van der Waals surface area contributed by atoms with E-state index in [2.05, 4.69) is 10.3 Å². The molecule has 7 heteroatoms. The minimum absolute atomic E-state index is 0.0262. The van der Waals surface area contributed by atoms with Gasteiger partial charge in [-0.1, -0.05) is 6.07 Å². The van der Waals surface area contributed by atoms with E-state index < -0.39 is 5.92 Å². The van der Waals surface area contributed by atoms with Crippen LogP contribution in [0.3, 0.4) is 0 Å². The summed E-state index contributed by atoms with van der Waals surface area (Å²) in [4.78, 5) is 16.9. The number of ether oxygens (including phenoxy) is 3. The van der Waals surface area contributed by atoms with Gasteiger partial charge in [0.15, 0.2) is 16.6 Å². The molecule has 142 valence electrons. The second kappa shape index (κ2) is 8.49. The first kappa shape index (κ1) is 20.2. The molecule has 1 N–H and O–H groups in total. The monoisotopic (exact) mass is 378 g/mol. The number of nitrogens with zero attached hydrogens (tertiary/aromatic N) is 1. The van der Waals surface area contributed by atoms with E-state index in [9.17, 15) is 4.79 Å². The fourth-order valence-electron chi connectivity index (χ4n) is 2.84. The van der Waals surface area contributed by atoms with Crippen LogP contribution in [0.5, 0.6) is 11.5 Å². The van der Waals surface area contributed by atoms with Crippen molar-refractivity contribution in [3.63, 3.8) is 0 Å². The Morgan fingerprint density at radius 2 is 1.88 bits per heavy atom. The Morgan fingerprint density at radius 3 is 2.46 bits per heavy atom. The highest BCUT2D eigenvalue weighted by Gasteiger charge is 2.37. The summed E-state index contributed by atoms with van der Waals surface area (Å²) in [7, 11) is 1.59. The molecule has 1 aromatic rings. The van der Waals surface area contributed by atoms with Crippen LogP contribution in [0, 0.1) is 5.92 Å². The van der Waals surface area contributed by atoms with Crippen molar-refractivity contribution in [1.29, 1.82) is 0 Å². The topological polar surface area (TPSA) is 69.2 Å². The van der Waals surface area contributed by atoms with Gasteiger partial charge in [-0.15, -0.1) is 0 Å². The fourth-order valence-corrected chi connectivity index (χ4v) is 3.11. The number of carbonyl (C=O) groups is 1. The van der Waals surface area contributed by atoms with Crippen molar-refractivity contribution in [3.05, 3.63) is 23.8 Å². The van der Waals surface area contributed by atoms with Crippen LogP contribution in [-0.4, -0.2) is 36.1 Å². The van der Waals surface area contributed by atoms with Gasteiger partial charge >= 0.3 is 5.97 Å². The molecule has 0 bridgehead atoms. The van der Waals surface area contributed by atoms with E-state index in [0.717, 1.165) is 5.56 Å². The summed E-state index contributed by atoms with van der Waals surface area (Å²) in [6, 6.07) is 5.21. The molecule has 26 heavy (non-hydrogen) atoms. The number of hydrogen-bond donors (Lipinski definition) is 1. The van der Waals surface area contributed by atoms with Crippen LogP contribution < -0.4 is 14.8 Å². The third kappa shape index (κ3) is 4.72. The predicted molar refractivity (Wildman–Crippen MR) is 105 cm³/mol. The van der Waals surface area contributed by atoms with Crippen molar-refractivity contribution in [2.45, 2.75) is 52.9 Å². The van der Waals surface area contributed by atoms with Gasteiger partial charge in [-0.3, -0.25) is 4.79 Å². The van der Waals surface area contributed by atoms with Crippen LogP contribution in [0.15, 0.2) is 23.2 Å². The average Bonchev–Trinajstić information content (AvgIpc) is 2.53. The lowest BCUT2D eigenvalue weighted by Crippen LogP contribution is -2.44. The van der Waals surface area contributed by atoms with Crippen LogP contribution in [0.1, 0.15) is 46.2 Å². The quantitative estimate of drug-likeness (QED) is 0.604. The van der Waals surface area contributed by atoms with Crippen LogP contribution in [0.25, 0.3) is 0 Å². The lowest BCUT2D eigenvalue weighted by atomic mass is 9.88. The number of benzene rings is 1. The number of nitrogens with one attached hydrogen (secondary N) is 1. The molecule has 0 fully saturated rings. The molecule has 0 aliphatic carbocycles. The maximum absolute atomic E-state index is 12.6. The molecule has 1 aliphatic heterocycles. The molecule has 2 atom stereocenters. The molecule has 0 saturated heterocycles. The number of hydrogen-bond acceptors (Lipinski definition) is 5. The van der Waals surface area contributed by atoms with E-state index in [1.807, 2.05) is 45.9 Å². The SMILES string of the molecule is COc1cc(C2NC(=S)N=C(C)C2C(=O)OC(C)C)ccc1OC(C)C. The Hall–Kier alpha value is -2.15. The van der Waals surface area contributed by atoms with E-state index in [1.54, 1.807) is 14.0 Å². The molecule has 6 nitrogen and oxygen atoms in total. The van der Waals surface area contributed by atoms with E-state index in [1.165, 1.54) is 0 Å². The van der Waals surface area contributed by atoms with Crippen molar-refractivity contribution < 1.29 is 19.0 Å². The average molecular weight is 378 g/mol. The first-order chi connectivity index (χ1) is 12.2. The van der Waals surface area contributed by atoms with Crippen molar-refractivity contribution >= 4 is 29.0 Å². The second-order valence-corrected chi connectivity index (χ2v) is 7.11. The van der Waals surface area contributed by atoms with Crippen LogP contribution in [0.2, 0.25) is 0 Å². The molecule has 0 amide bonds. The number of aliphatic imine (C=N–C) groups is 1. The Bertz CT molecular complexity index is 715. The zero-order valence-corrected chi connectivity index (χ0v) is 16.8. The number of thiocarbonyl (C=S) groups is 1.